The van der Waals surface area contributed by atoms with Crippen molar-refractivity contribution in [1.29, 1.82) is 0 Å². The quantitative estimate of drug-likeness (QED) is 0.637. The van der Waals surface area contributed by atoms with E-state index in [0.29, 0.717) is 24.8 Å². The maximum atomic E-state index is 14.1. The molecule has 2 aliphatic heterocycles. The van der Waals surface area contributed by atoms with E-state index in [4.69, 9.17) is 0 Å². The molecule has 0 spiro atoms. The molecule has 5 rings (SSSR count). The van der Waals surface area contributed by atoms with Gasteiger partial charge in [0.25, 0.3) is 5.92 Å². The molecule has 1 saturated heterocycles. The molecule has 1 saturated carbocycles. The Labute approximate surface area is 198 Å². The van der Waals surface area contributed by atoms with E-state index in [9.17, 15) is 13.6 Å². The molecule has 10 heteroatoms. The Hall–Kier alpha value is -2.62. The normalized spacial score (nSPS) is 21.8. The second-order valence-electron chi connectivity index (χ2n) is 10.0. The Morgan fingerprint density at radius 1 is 1.21 bits per heavy atom. The topological polar surface area (TPSA) is 88.0 Å². The van der Waals surface area contributed by atoms with Crippen molar-refractivity contribution in [2.24, 2.45) is 0 Å². The number of carbonyl (C=O) groups is 1. The van der Waals surface area contributed by atoms with Crippen LogP contribution in [0.5, 0.6) is 0 Å². The summed E-state index contributed by atoms with van der Waals surface area (Å²) in [6, 6.07) is 0.563. The molecule has 1 atom stereocenters. The molecular weight excluding hydrogens is 440 g/mol. The third-order valence-corrected chi connectivity index (χ3v) is 7.41. The molecule has 34 heavy (non-hydrogen) atoms. The number of nitrogens with zero attached hydrogens (tertiary/aromatic N) is 5. The van der Waals surface area contributed by atoms with Crippen LogP contribution in [0.25, 0.3) is 0 Å². The highest BCUT2D eigenvalue weighted by Gasteiger charge is 2.34. The molecule has 0 radical (unpaired) electrons. The van der Waals surface area contributed by atoms with E-state index >= 15 is 0 Å². The van der Waals surface area contributed by atoms with Gasteiger partial charge in [-0.25, -0.2) is 15.0 Å². The molecule has 4 heterocycles. The number of nitrogens with one attached hydrogen (secondary N) is 2. The highest BCUT2D eigenvalue weighted by atomic mass is 19.3. The zero-order valence-corrected chi connectivity index (χ0v) is 19.9. The van der Waals surface area contributed by atoms with Gasteiger partial charge in [0.05, 0.1) is 0 Å². The number of imidazole rings is 1. The van der Waals surface area contributed by atoms with Crippen molar-refractivity contribution in [3.05, 3.63) is 29.6 Å². The minimum absolute atomic E-state index is 0.0227. The Bertz CT molecular complexity index is 1040. The first kappa shape index (κ1) is 23.1. The molecule has 1 aliphatic carbocycles. The second-order valence-corrected chi connectivity index (χ2v) is 10.0. The van der Waals surface area contributed by atoms with E-state index < -0.39 is 5.92 Å². The third-order valence-electron chi connectivity index (χ3n) is 7.41. The first-order valence-electron chi connectivity index (χ1n) is 12.4. The summed E-state index contributed by atoms with van der Waals surface area (Å²) in [4.78, 5) is 27.4. The first-order valence-corrected chi connectivity index (χ1v) is 12.4. The Morgan fingerprint density at radius 3 is 2.65 bits per heavy atom. The molecule has 1 unspecified atom stereocenters. The molecule has 2 N–H and O–H groups in total. The van der Waals surface area contributed by atoms with Gasteiger partial charge in [-0.05, 0) is 31.6 Å². The number of amides is 1. The smallest absolute Gasteiger partial charge is 0.288 e. The number of hydrogen-bond acceptors (Lipinski definition) is 6. The van der Waals surface area contributed by atoms with Gasteiger partial charge in [-0.1, -0.05) is 13.3 Å². The molecule has 2 aromatic rings. The monoisotopic (exact) mass is 473 g/mol. The van der Waals surface area contributed by atoms with Gasteiger partial charge in [-0.2, -0.15) is 8.78 Å². The summed E-state index contributed by atoms with van der Waals surface area (Å²) in [6.07, 6.45) is 8.72. The van der Waals surface area contributed by atoms with Crippen LogP contribution in [0.4, 0.5) is 20.4 Å². The van der Waals surface area contributed by atoms with E-state index in [0.717, 1.165) is 56.6 Å². The average Bonchev–Trinajstić information content (AvgIpc) is 3.20. The molecule has 8 nitrogen and oxygen atoms in total. The van der Waals surface area contributed by atoms with Crippen molar-refractivity contribution in [3.8, 4) is 0 Å². The number of carbonyl (C=O) groups excluding carboxylic acids is 1. The minimum atomic E-state index is -2.96. The van der Waals surface area contributed by atoms with Crippen molar-refractivity contribution < 1.29 is 13.6 Å². The van der Waals surface area contributed by atoms with Gasteiger partial charge in [-0.3, -0.25) is 4.79 Å². The highest BCUT2D eigenvalue weighted by Crippen LogP contribution is 2.39. The lowest BCUT2D eigenvalue weighted by Gasteiger charge is -2.35. The maximum absolute atomic E-state index is 14.1. The van der Waals surface area contributed by atoms with Crippen LogP contribution in [0.3, 0.4) is 0 Å². The molecule has 2 fully saturated rings. The average molecular weight is 474 g/mol. The fraction of sp³-hybridized carbons (Fsp3) is 0.667. The van der Waals surface area contributed by atoms with Crippen LogP contribution in [0.15, 0.2) is 12.5 Å². The van der Waals surface area contributed by atoms with Gasteiger partial charge >= 0.3 is 0 Å². The molecule has 0 aromatic carbocycles. The zero-order chi connectivity index (χ0) is 23.9. The fourth-order valence-electron chi connectivity index (χ4n) is 5.25. The van der Waals surface area contributed by atoms with Gasteiger partial charge in [0.15, 0.2) is 0 Å². The highest BCUT2D eigenvalue weighted by molar-refractivity contribution is 5.94. The van der Waals surface area contributed by atoms with Gasteiger partial charge in [-0.15, -0.1) is 0 Å². The van der Waals surface area contributed by atoms with E-state index in [1.807, 2.05) is 11.5 Å². The number of alkyl halides is 2. The summed E-state index contributed by atoms with van der Waals surface area (Å²) in [5.74, 6) is -0.588. The van der Waals surface area contributed by atoms with Crippen molar-refractivity contribution >= 4 is 17.5 Å². The number of halogens is 2. The van der Waals surface area contributed by atoms with Crippen LogP contribution in [0, 0.1) is 0 Å². The van der Waals surface area contributed by atoms with Crippen LogP contribution in [-0.2, 0) is 17.3 Å². The Balaban J connectivity index is 1.30. The van der Waals surface area contributed by atoms with Gasteiger partial charge in [0.2, 0.25) is 5.91 Å². The zero-order valence-electron chi connectivity index (χ0n) is 19.9. The van der Waals surface area contributed by atoms with E-state index in [1.165, 1.54) is 31.8 Å². The molecule has 2 aromatic heterocycles. The number of hydrogen-bond donors (Lipinski definition) is 2. The SMILES string of the molecule is CC1CC(=O)Nc2ncnc(N3CCC(c4nc(C(C)(F)F)cn4CCNC4CCC4)CC3)c21. The predicted molar refractivity (Wildman–Crippen MR) is 125 cm³/mol. The predicted octanol–water partition coefficient (Wildman–Crippen LogP) is 3.76. The standard InChI is InChI=1S/C24H33F2N7O/c1-15-12-19(34)31-21-20(15)23(29-14-28-21)32-9-6-16(7-10-32)22-30-18(24(2,25)26)13-33(22)11-8-27-17-4-3-5-17/h13-17,27H,3-12H2,1-2H3,(H,28,29,31,34). The number of aromatic nitrogens is 4. The Kier molecular flexibility index (Phi) is 6.26. The van der Waals surface area contributed by atoms with E-state index in [-0.39, 0.29) is 23.4 Å². The van der Waals surface area contributed by atoms with Crippen molar-refractivity contribution in [3.63, 3.8) is 0 Å². The maximum Gasteiger partial charge on any atom is 0.288 e. The molecule has 3 aliphatic rings. The summed E-state index contributed by atoms with van der Waals surface area (Å²) in [6.45, 7) is 5.85. The summed E-state index contributed by atoms with van der Waals surface area (Å²) in [5.41, 5.74) is 0.833. The van der Waals surface area contributed by atoms with Gasteiger partial charge in [0.1, 0.15) is 29.5 Å². The van der Waals surface area contributed by atoms with Crippen LogP contribution in [0.2, 0.25) is 0 Å². The number of piperidine rings is 1. The molecular formula is C24H33F2N7O. The largest absolute Gasteiger partial charge is 0.356 e. The van der Waals surface area contributed by atoms with Crippen molar-refractivity contribution in [1.82, 2.24) is 24.8 Å². The molecule has 0 bridgehead atoms. The summed E-state index contributed by atoms with van der Waals surface area (Å²) in [5, 5.41) is 6.38. The van der Waals surface area contributed by atoms with Gasteiger partial charge in [0, 0.05) is 63.2 Å². The van der Waals surface area contributed by atoms with Gasteiger partial charge < -0.3 is 20.1 Å². The fourth-order valence-corrected chi connectivity index (χ4v) is 5.25. The summed E-state index contributed by atoms with van der Waals surface area (Å²) < 4.78 is 30.1. The number of fused-ring (bicyclic) bond motifs is 1. The van der Waals surface area contributed by atoms with Crippen LogP contribution in [-0.4, -0.2) is 51.1 Å². The van der Waals surface area contributed by atoms with Crippen LogP contribution < -0.4 is 15.5 Å². The lowest BCUT2D eigenvalue weighted by molar-refractivity contribution is -0.116. The Morgan fingerprint density at radius 2 is 1.97 bits per heavy atom. The molecule has 184 valence electrons. The molecule has 1 amide bonds. The lowest BCUT2D eigenvalue weighted by atomic mass is 9.92. The number of anilines is 2. The van der Waals surface area contributed by atoms with Crippen molar-refractivity contribution in [2.45, 2.75) is 82.7 Å². The van der Waals surface area contributed by atoms with E-state index in [2.05, 4.69) is 30.5 Å². The van der Waals surface area contributed by atoms with Crippen LogP contribution in [0.1, 0.15) is 81.3 Å². The third kappa shape index (κ3) is 4.64. The van der Waals surface area contributed by atoms with E-state index in [1.54, 1.807) is 0 Å². The number of rotatable bonds is 7. The summed E-state index contributed by atoms with van der Waals surface area (Å²) >= 11 is 0. The second kappa shape index (κ2) is 9.20. The lowest BCUT2D eigenvalue weighted by Crippen LogP contribution is -2.38. The van der Waals surface area contributed by atoms with Crippen LogP contribution >= 0.6 is 0 Å². The summed E-state index contributed by atoms with van der Waals surface area (Å²) in [7, 11) is 0. The minimum Gasteiger partial charge on any atom is -0.356 e. The van der Waals surface area contributed by atoms with Crippen molar-refractivity contribution in [2.75, 3.05) is 29.9 Å². The first-order chi connectivity index (χ1) is 16.3.